The Labute approximate surface area is 469 Å². The second-order valence-corrected chi connectivity index (χ2v) is 23.9. The van der Waals surface area contributed by atoms with Gasteiger partial charge in [-0.2, -0.15) is 0 Å². The molecular formula is C69H135NO5. The van der Waals surface area contributed by atoms with E-state index in [4.69, 9.17) is 4.74 Å². The fourth-order valence-corrected chi connectivity index (χ4v) is 11.0. The van der Waals surface area contributed by atoms with Crippen LogP contribution in [-0.2, 0) is 14.3 Å². The topological polar surface area (TPSA) is 95.9 Å². The predicted molar refractivity (Wildman–Crippen MR) is 329 cm³/mol. The van der Waals surface area contributed by atoms with E-state index in [0.717, 1.165) is 44.9 Å². The number of hydrogen-bond donors (Lipinski definition) is 3. The van der Waals surface area contributed by atoms with Crippen LogP contribution in [0.1, 0.15) is 393 Å². The normalized spacial score (nSPS) is 12.5. The van der Waals surface area contributed by atoms with Crippen LogP contribution in [0.5, 0.6) is 0 Å². The first-order valence-electron chi connectivity index (χ1n) is 34.4. The molecule has 0 radical (unpaired) electrons. The number of nitrogens with one attached hydrogen (secondary N) is 1. The van der Waals surface area contributed by atoms with E-state index in [1.54, 1.807) is 0 Å². The monoisotopic (exact) mass is 1060 g/mol. The van der Waals surface area contributed by atoms with Crippen molar-refractivity contribution in [2.75, 3.05) is 13.2 Å². The number of aliphatic hydroxyl groups excluding tert-OH is 2. The highest BCUT2D eigenvalue weighted by atomic mass is 16.5. The number of amides is 1. The Morgan fingerprint density at radius 3 is 0.987 bits per heavy atom. The highest BCUT2D eigenvalue weighted by molar-refractivity contribution is 5.76. The van der Waals surface area contributed by atoms with Gasteiger partial charge in [-0.3, -0.25) is 9.59 Å². The quantitative estimate of drug-likeness (QED) is 0.0320. The molecule has 2 atom stereocenters. The summed E-state index contributed by atoms with van der Waals surface area (Å²) in [6.07, 6.45) is 79.7. The lowest BCUT2D eigenvalue weighted by Crippen LogP contribution is -2.45. The van der Waals surface area contributed by atoms with Crippen LogP contribution in [0.3, 0.4) is 0 Å². The first kappa shape index (κ1) is 73.6. The van der Waals surface area contributed by atoms with Gasteiger partial charge in [0.2, 0.25) is 5.91 Å². The van der Waals surface area contributed by atoms with Crippen molar-refractivity contribution in [1.82, 2.24) is 5.32 Å². The van der Waals surface area contributed by atoms with Crippen molar-refractivity contribution in [2.45, 2.75) is 405 Å². The molecule has 6 heteroatoms. The molecule has 2 unspecified atom stereocenters. The van der Waals surface area contributed by atoms with E-state index in [1.807, 2.05) is 0 Å². The van der Waals surface area contributed by atoms with E-state index < -0.39 is 12.1 Å². The molecule has 0 saturated carbocycles. The molecule has 0 heterocycles. The fourth-order valence-electron chi connectivity index (χ4n) is 11.0. The van der Waals surface area contributed by atoms with Crippen LogP contribution in [-0.4, -0.2) is 47.4 Å². The summed E-state index contributed by atoms with van der Waals surface area (Å²) >= 11 is 0. The summed E-state index contributed by atoms with van der Waals surface area (Å²) in [4.78, 5) is 24.5. The van der Waals surface area contributed by atoms with Crippen molar-refractivity contribution in [1.29, 1.82) is 0 Å². The third-order valence-corrected chi connectivity index (χ3v) is 16.3. The number of carbonyl (C=O) groups excluding carboxylic acids is 2. The molecule has 0 aliphatic heterocycles. The molecule has 0 aliphatic carbocycles. The number of aliphatic hydroxyl groups is 2. The molecule has 0 rings (SSSR count). The van der Waals surface area contributed by atoms with Gasteiger partial charge >= 0.3 is 5.97 Å². The van der Waals surface area contributed by atoms with E-state index in [-0.39, 0.29) is 18.5 Å². The van der Waals surface area contributed by atoms with Crippen LogP contribution >= 0.6 is 0 Å². The largest absolute Gasteiger partial charge is 0.466 e. The van der Waals surface area contributed by atoms with Gasteiger partial charge in [0.25, 0.3) is 0 Å². The Morgan fingerprint density at radius 1 is 0.360 bits per heavy atom. The second-order valence-electron chi connectivity index (χ2n) is 23.9. The lowest BCUT2D eigenvalue weighted by atomic mass is 10.0. The maximum Gasteiger partial charge on any atom is 0.305 e. The Balaban J connectivity index is 3.37. The highest BCUT2D eigenvalue weighted by Gasteiger charge is 2.20. The van der Waals surface area contributed by atoms with E-state index in [1.165, 1.54) is 315 Å². The lowest BCUT2D eigenvalue weighted by molar-refractivity contribution is -0.143. The van der Waals surface area contributed by atoms with Gasteiger partial charge in [0.1, 0.15) is 0 Å². The van der Waals surface area contributed by atoms with Crippen LogP contribution < -0.4 is 5.32 Å². The first-order chi connectivity index (χ1) is 37.0. The molecule has 0 fully saturated rings. The smallest absolute Gasteiger partial charge is 0.305 e. The number of carbonyl (C=O) groups is 2. The SMILES string of the molecule is CCCC/C=C\CCCCCCCC(=O)OCCCCCCCCCCCCCCCCCCCCCCCCCCC(=O)NC(CO)C(O)CCCCCCCCCCCCCCCCCCCCCCCCC. The van der Waals surface area contributed by atoms with E-state index >= 15 is 0 Å². The molecule has 0 aromatic carbocycles. The molecule has 0 aromatic heterocycles. The maximum absolute atomic E-state index is 12.5. The van der Waals surface area contributed by atoms with Crippen molar-refractivity contribution in [3.05, 3.63) is 12.2 Å². The summed E-state index contributed by atoms with van der Waals surface area (Å²) < 4.78 is 5.47. The van der Waals surface area contributed by atoms with Crippen molar-refractivity contribution >= 4 is 11.9 Å². The summed E-state index contributed by atoms with van der Waals surface area (Å²) in [5.41, 5.74) is 0. The summed E-state index contributed by atoms with van der Waals surface area (Å²) in [6.45, 7) is 4.95. The van der Waals surface area contributed by atoms with Gasteiger partial charge in [-0.1, -0.05) is 347 Å². The Bertz CT molecular complexity index is 1130. The zero-order valence-corrected chi connectivity index (χ0v) is 51.1. The third kappa shape index (κ3) is 61.7. The number of ether oxygens (including phenoxy) is 1. The van der Waals surface area contributed by atoms with Crippen molar-refractivity contribution in [3.8, 4) is 0 Å². The molecule has 0 aliphatic rings. The third-order valence-electron chi connectivity index (χ3n) is 16.3. The number of rotatable bonds is 65. The fraction of sp³-hybridized carbons (Fsp3) is 0.942. The van der Waals surface area contributed by atoms with Gasteiger partial charge in [0.15, 0.2) is 0 Å². The van der Waals surface area contributed by atoms with E-state index in [9.17, 15) is 19.8 Å². The summed E-state index contributed by atoms with van der Waals surface area (Å²) in [5.74, 6) is -0.0235. The zero-order chi connectivity index (χ0) is 54.3. The van der Waals surface area contributed by atoms with E-state index in [2.05, 4.69) is 31.3 Å². The minimum absolute atomic E-state index is 0.00535. The predicted octanol–water partition coefficient (Wildman–Crippen LogP) is 22.0. The minimum atomic E-state index is -0.664. The van der Waals surface area contributed by atoms with Gasteiger partial charge < -0.3 is 20.3 Å². The molecule has 6 nitrogen and oxygen atoms in total. The molecule has 0 spiro atoms. The maximum atomic E-state index is 12.5. The van der Waals surface area contributed by atoms with E-state index in [0.29, 0.717) is 25.9 Å². The molecule has 0 aromatic rings. The zero-order valence-electron chi connectivity index (χ0n) is 51.1. The molecule has 3 N–H and O–H groups in total. The van der Waals surface area contributed by atoms with Gasteiger partial charge in [-0.05, 0) is 44.9 Å². The van der Waals surface area contributed by atoms with Crippen LogP contribution in [0.4, 0.5) is 0 Å². The van der Waals surface area contributed by atoms with Gasteiger partial charge in [-0.15, -0.1) is 0 Å². The molecule has 75 heavy (non-hydrogen) atoms. The van der Waals surface area contributed by atoms with Crippen molar-refractivity contribution in [2.24, 2.45) is 0 Å². The lowest BCUT2D eigenvalue weighted by Gasteiger charge is -2.22. The van der Waals surface area contributed by atoms with Crippen molar-refractivity contribution < 1.29 is 24.5 Å². The number of allylic oxidation sites excluding steroid dienone is 2. The molecule has 446 valence electrons. The Kier molecular flexibility index (Phi) is 63.9. The van der Waals surface area contributed by atoms with Gasteiger partial charge in [0.05, 0.1) is 25.4 Å². The highest BCUT2D eigenvalue weighted by Crippen LogP contribution is 2.19. The first-order valence-corrected chi connectivity index (χ1v) is 34.4. The molecule has 1 amide bonds. The van der Waals surface area contributed by atoms with Crippen LogP contribution in [0.2, 0.25) is 0 Å². The van der Waals surface area contributed by atoms with Crippen LogP contribution in [0, 0.1) is 0 Å². The van der Waals surface area contributed by atoms with Crippen LogP contribution in [0.25, 0.3) is 0 Å². The Hall–Kier alpha value is -1.40. The minimum Gasteiger partial charge on any atom is -0.466 e. The Morgan fingerprint density at radius 2 is 0.640 bits per heavy atom. The number of unbranched alkanes of at least 4 members (excludes halogenated alkanes) is 52. The van der Waals surface area contributed by atoms with Gasteiger partial charge in [-0.25, -0.2) is 0 Å². The van der Waals surface area contributed by atoms with Crippen LogP contribution in [0.15, 0.2) is 12.2 Å². The summed E-state index contributed by atoms with van der Waals surface area (Å²) in [5, 5.41) is 23.4. The summed E-state index contributed by atoms with van der Waals surface area (Å²) in [7, 11) is 0. The van der Waals surface area contributed by atoms with Gasteiger partial charge in [0, 0.05) is 12.8 Å². The number of hydrogen-bond acceptors (Lipinski definition) is 5. The molecular weight excluding hydrogens is 923 g/mol. The second kappa shape index (κ2) is 65.1. The molecule has 0 bridgehead atoms. The number of esters is 1. The molecule has 0 saturated heterocycles. The average Bonchev–Trinajstić information content (AvgIpc) is 3.41. The summed E-state index contributed by atoms with van der Waals surface area (Å²) in [6, 6.07) is -0.541. The standard InChI is InChI=1S/C69H135NO5/c1-3-5-7-9-11-13-15-16-17-18-19-20-23-26-29-32-35-38-42-45-49-53-57-61-67(72)66(65-71)70-68(73)62-58-54-50-46-43-39-36-33-30-27-24-21-22-25-28-31-34-37-40-44-48-52-56-60-64-75-69(74)63-59-55-51-47-41-14-12-10-8-6-4-2/h10,12,66-67,71-72H,3-9,11,13-65H2,1-2H3,(H,70,73)/b12-10-. The van der Waals surface area contributed by atoms with Crippen molar-refractivity contribution in [3.63, 3.8) is 0 Å². The average molecular weight is 1060 g/mol.